The Labute approximate surface area is 312 Å². The molecule has 0 radical (unpaired) electrons. The number of nitrogens with zero attached hydrogens (tertiary/aromatic N) is 2. The monoisotopic (exact) mass is 694 g/mol. The summed E-state index contributed by atoms with van der Waals surface area (Å²) in [6.45, 7) is 4.67. The Balaban J connectivity index is 1.12. The summed E-state index contributed by atoms with van der Waals surface area (Å²) in [4.78, 5) is 6.70. The van der Waals surface area contributed by atoms with E-state index in [1.54, 1.807) is 0 Å². The van der Waals surface area contributed by atoms with E-state index >= 15 is 0 Å². The third-order valence-corrected chi connectivity index (χ3v) is 11.4. The van der Waals surface area contributed by atoms with E-state index < -0.39 is 0 Å². The van der Waals surface area contributed by atoms with E-state index in [0.29, 0.717) is 0 Å². The Hall–Kier alpha value is -6.91. The highest BCUT2D eigenvalue weighted by atomic mass is 16.3. The maximum Gasteiger partial charge on any atom is 0.181 e. The van der Waals surface area contributed by atoms with E-state index in [4.69, 9.17) is 8.83 Å². The van der Waals surface area contributed by atoms with Gasteiger partial charge in [0.15, 0.2) is 12.0 Å². The van der Waals surface area contributed by atoms with Crippen molar-refractivity contribution in [3.05, 3.63) is 181 Å². The van der Waals surface area contributed by atoms with Crippen LogP contribution in [0.2, 0.25) is 0 Å². The predicted molar refractivity (Wildman–Crippen MR) is 222 cm³/mol. The summed E-state index contributed by atoms with van der Waals surface area (Å²) in [6, 6.07) is 58.8. The van der Waals surface area contributed by atoms with Crippen LogP contribution in [-0.4, -0.2) is 4.98 Å². The van der Waals surface area contributed by atoms with Gasteiger partial charge in [-0.2, -0.15) is 0 Å². The zero-order valence-electron chi connectivity index (χ0n) is 29.9. The molecule has 11 rings (SSSR count). The first-order valence-electron chi connectivity index (χ1n) is 18.4. The molecule has 0 amide bonds. The Kier molecular flexibility index (Phi) is 6.56. The molecule has 8 aromatic carbocycles. The van der Waals surface area contributed by atoms with Crippen LogP contribution in [0, 0.1) is 0 Å². The van der Waals surface area contributed by atoms with Crippen LogP contribution >= 0.6 is 0 Å². The molecule has 0 saturated heterocycles. The fourth-order valence-corrected chi connectivity index (χ4v) is 8.70. The summed E-state index contributed by atoms with van der Waals surface area (Å²) in [5, 5.41) is 4.51. The molecule has 256 valence electrons. The summed E-state index contributed by atoms with van der Waals surface area (Å²) >= 11 is 0. The first-order chi connectivity index (χ1) is 26.5. The average Bonchev–Trinajstić information content (AvgIpc) is 3.91. The lowest BCUT2D eigenvalue weighted by Crippen LogP contribution is -2.16. The van der Waals surface area contributed by atoms with E-state index in [9.17, 15) is 0 Å². The van der Waals surface area contributed by atoms with Crippen molar-refractivity contribution in [3.8, 4) is 33.4 Å². The largest absolute Gasteiger partial charge is 0.455 e. The predicted octanol–water partition coefficient (Wildman–Crippen LogP) is 14.0. The van der Waals surface area contributed by atoms with Gasteiger partial charge in [0.25, 0.3) is 0 Å². The van der Waals surface area contributed by atoms with E-state index in [-0.39, 0.29) is 5.41 Å². The SMILES string of the molecule is CC1(C)c2ccccc2-c2ccc(N(c3ccc(-c4ccccc4)cc3)c3ccc4c(c3)oc3c(-c5ccc6ncoc6c5)cc5ccccc5c34)cc21. The smallest absolute Gasteiger partial charge is 0.181 e. The van der Waals surface area contributed by atoms with Crippen LogP contribution in [0.5, 0.6) is 0 Å². The third kappa shape index (κ3) is 4.60. The summed E-state index contributed by atoms with van der Waals surface area (Å²) in [6.07, 6.45) is 1.49. The second-order valence-corrected chi connectivity index (χ2v) is 14.8. The second kappa shape index (κ2) is 11.5. The number of furan rings is 1. The topological polar surface area (TPSA) is 42.4 Å². The number of hydrogen-bond donors (Lipinski definition) is 0. The molecule has 0 N–H and O–H groups in total. The lowest BCUT2D eigenvalue weighted by molar-refractivity contribution is 0.602. The molecule has 0 bridgehead atoms. The molecule has 0 aliphatic heterocycles. The number of rotatable bonds is 5. The molecule has 1 aliphatic carbocycles. The minimum absolute atomic E-state index is 0.125. The number of oxazole rings is 1. The normalized spacial score (nSPS) is 13.1. The minimum atomic E-state index is -0.125. The molecule has 2 aromatic heterocycles. The fourth-order valence-electron chi connectivity index (χ4n) is 8.70. The number of benzene rings is 8. The summed E-state index contributed by atoms with van der Waals surface area (Å²) < 4.78 is 12.7. The van der Waals surface area contributed by atoms with Gasteiger partial charge < -0.3 is 13.7 Å². The Morgan fingerprint density at radius 2 is 1.20 bits per heavy atom. The van der Waals surface area contributed by atoms with Crippen molar-refractivity contribution in [2.45, 2.75) is 19.3 Å². The molecule has 0 fully saturated rings. The summed E-state index contributed by atoms with van der Waals surface area (Å²) in [5.74, 6) is 0. The number of fused-ring (bicyclic) bond motifs is 9. The van der Waals surface area contributed by atoms with Crippen LogP contribution in [0.3, 0.4) is 0 Å². The van der Waals surface area contributed by atoms with Crippen LogP contribution in [0.25, 0.3) is 77.2 Å². The zero-order valence-corrected chi connectivity index (χ0v) is 29.9. The molecule has 10 aromatic rings. The van der Waals surface area contributed by atoms with Gasteiger partial charge in [-0.05, 0) is 104 Å². The van der Waals surface area contributed by atoms with Gasteiger partial charge in [0.05, 0.1) is 0 Å². The van der Waals surface area contributed by atoms with Crippen molar-refractivity contribution in [2.24, 2.45) is 0 Å². The lowest BCUT2D eigenvalue weighted by Gasteiger charge is -2.28. The fraction of sp³-hybridized carbons (Fsp3) is 0.0600. The maximum atomic E-state index is 6.96. The van der Waals surface area contributed by atoms with Gasteiger partial charge in [0, 0.05) is 44.9 Å². The van der Waals surface area contributed by atoms with Gasteiger partial charge in [-0.3, -0.25) is 0 Å². The molecule has 4 nitrogen and oxygen atoms in total. The van der Waals surface area contributed by atoms with Gasteiger partial charge in [-0.15, -0.1) is 0 Å². The summed E-state index contributed by atoms with van der Waals surface area (Å²) in [7, 11) is 0. The van der Waals surface area contributed by atoms with Gasteiger partial charge >= 0.3 is 0 Å². The lowest BCUT2D eigenvalue weighted by atomic mass is 9.82. The molecule has 0 spiro atoms. The van der Waals surface area contributed by atoms with Crippen LogP contribution < -0.4 is 4.90 Å². The Morgan fingerprint density at radius 1 is 0.500 bits per heavy atom. The highest BCUT2D eigenvalue weighted by Crippen LogP contribution is 2.51. The van der Waals surface area contributed by atoms with Gasteiger partial charge in [0.2, 0.25) is 0 Å². The molecular weight excluding hydrogens is 661 g/mol. The van der Waals surface area contributed by atoms with Crippen molar-refractivity contribution in [1.29, 1.82) is 0 Å². The zero-order chi connectivity index (χ0) is 36.0. The van der Waals surface area contributed by atoms with Gasteiger partial charge in [0.1, 0.15) is 16.7 Å². The van der Waals surface area contributed by atoms with Crippen LogP contribution in [0.4, 0.5) is 17.1 Å². The highest BCUT2D eigenvalue weighted by molar-refractivity contribution is 6.23. The van der Waals surface area contributed by atoms with Crippen molar-refractivity contribution in [1.82, 2.24) is 4.98 Å². The minimum Gasteiger partial charge on any atom is -0.455 e. The second-order valence-electron chi connectivity index (χ2n) is 14.8. The number of anilines is 3. The van der Waals surface area contributed by atoms with Gasteiger partial charge in [-0.25, -0.2) is 4.98 Å². The maximum absolute atomic E-state index is 6.96. The van der Waals surface area contributed by atoms with Crippen molar-refractivity contribution in [2.75, 3.05) is 4.90 Å². The Bertz CT molecular complexity index is 3080. The molecule has 2 heterocycles. The van der Waals surface area contributed by atoms with Crippen molar-refractivity contribution >= 4 is 60.9 Å². The molecule has 0 saturated carbocycles. The molecule has 0 unspecified atom stereocenters. The van der Waals surface area contributed by atoms with Gasteiger partial charge in [-0.1, -0.05) is 117 Å². The molecular formula is C50H34N2O2. The molecule has 4 heteroatoms. The van der Waals surface area contributed by atoms with E-state index in [1.807, 2.05) is 6.07 Å². The van der Waals surface area contributed by atoms with E-state index in [0.717, 1.165) is 72.0 Å². The standard InChI is InChI=1S/C50H34N2O2/c1-50(2)43-15-9-8-14-39(43)40-23-21-36(28-44(40)50)52(35-19-16-32(17-20-35)31-10-4-3-5-11-31)37-22-24-41-46(29-37)54-49-42(26-33-12-6-7-13-38(33)48(41)49)34-18-25-45-47(27-34)53-30-51-45/h3-30H,1-2H3. The van der Waals surface area contributed by atoms with Crippen LogP contribution in [-0.2, 0) is 5.41 Å². The van der Waals surface area contributed by atoms with Crippen molar-refractivity contribution < 1.29 is 8.83 Å². The van der Waals surface area contributed by atoms with Crippen molar-refractivity contribution in [3.63, 3.8) is 0 Å². The number of aromatic nitrogens is 1. The van der Waals surface area contributed by atoms with E-state index in [1.165, 1.54) is 39.8 Å². The van der Waals surface area contributed by atoms with E-state index in [2.05, 4.69) is 181 Å². The third-order valence-electron chi connectivity index (χ3n) is 11.4. The highest BCUT2D eigenvalue weighted by Gasteiger charge is 2.35. The first-order valence-corrected chi connectivity index (χ1v) is 18.4. The molecule has 54 heavy (non-hydrogen) atoms. The Morgan fingerprint density at radius 3 is 2.09 bits per heavy atom. The first kappa shape index (κ1) is 30.7. The quantitative estimate of drug-likeness (QED) is 0.180. The molecule has 0 atom stereocenters. The van der Waals surface area contributed by atoms with Crippen LogP contribution in [0.15, 0.2) is 179 Å². The van der Waals surface area contributed by atoms with Crippen LogP contribution in [0.1, 0.15) is 25.0 Å². The molecule has 1 aliphatic rings. The number of hydrogen-bond acceptors (Lipinski definition) is 4. The summed E-state index contributed by atoms with van der Waals surface area (Å²) in [5.41, 5.74) is 16.1. The average molecular weight is 695 g/mol.